The molecule has 0 saturated heterocycles. The predicted molar refractivity (Wildman–Crippen MR) is 133 cm³/mol. The Morgan fingerprint density at radius 1 is 0.839 bits per heavy atom. The van der Waals surface area contributed by atoms with Gasteiger partial charge in [-0.2, -0.15) is 0 Å². The lowest BCUT2D eigenvalue weighted by molar-refractivity contribution is 0.151. The zero-order chi connectivity index (χ0) is 21.7. The lowest BCUT2D eigenvalue weighted by Gasteiger charge is -2.37. The van der Waals surface area contributed by atoms with Gasteiger partial charge in [0, 0.05) is 5.56 Å². The van der Waals surface area contributed by atoms with Crippen LogP contribution in [0.2, 0.25) is 0 Å². The molecule has 0 heterocycles. The minimum atomic E-state index is 0.737. The fourth-order valence-electron chi connectivity index (χ4n) is 5.60. The predicted octanol–water partition coefficient (Wildman–Crippen LogP) is 8.58. The molecule has 1 aromatic rings. The Bertz CT molecular complexity index is 688. The number of hydrogen-bond acceptors (Lipinski definition) is 1. The fourth-order valence-corrected chi connectivity index (χ4v) is 5.60. The molecule has 1 nitrogen and oxygen atoms in total. The standard InChI is InChI=1S/C30H44O/c1-3-5-6-9-25-12-18-28(19-13-25)29-20-14-26(15-21-29)10-7-8-11-27-16-22-30(23-17-27)31-24-4-2/h7,10,16-17,22-23,25-26,28-29H,3-6,9,12-15,18-21,24H2,1-2H3/b10-7+/t25-,26?,28-,29?. The smallest absolute Gasteiger partial charge is 0.119 e. The van der Waals surface area contributed by atoms with Crippen molar-refractivity contribution < 1.29 is 4.74 Å². The van der Waals surface area contributed by atoms with Crippen LogP contribution < -0.4 is 4.74 Å². The molecule has 2 fully saturated rings. The van der Waals surface area contributed by atoms with Crippen LogP contribution in [-0.4, -0.2) is 6.61 Å². The van der Waals surface area contributed by atoms with E-state index in [1.165, 1.54) is 77.0 Å². The van der Waals surface area contributed by atoms with E-state index >= 15 is 0 Å². The van der Waals surface area contributed by atoms with Crippen LogP contribution in [-0.2, 0) is 0 Å². The monoisotopic (exact) mass is 420 g/mol. The summed E-state index contributed by atoms with van der Waals surface area (Å²) in [6, 6.07) is 8.14. The first kappa shape index (κ1) is 24.0. The molecule has 2 aliphatic carbocycles. The van der Waals surface area contributed by atoms with E-state index in [2.05, 4.69) is 50.0 Å². The number of unbranched alkanes of at least 4 members (excludes halogenated alkanes) is 2. The Hall–Kier alpha value is -1.68. The summed E-state index contributed by atoms with van der Waals surface area (Å²) in [5.74, 6) is 11.2. The summed E-state index contributed by atoms with van der Waals surface area (Å²) in [5.41, 5.74) is 1.06. The average Bonchev–Trinajstić information content (AvgIpc) is 2.82. The first-order valence-corrected chi connectivity index (χ1v) is 13.2. The number of hydrogen-bond donors (Lipinski definition) is 0. The van der Waals surface area contributed by atoms with Gasteiger partial charge in [-0.1, -0.05) is 70.3 Å². The van der Waals surface area contributed by atoms with Gasteiger partial charge in [0.15, 0.2) is 0 Å². The lowest BCUT2D eigenvalue weighted by Crippen LogP contribution is -2.25. The van der Waals surface area contributed by atoms with Crippen molar-refractivity contribution >= 4 is 0 Å². The summed E-state index contributed by atoms with van der Waals surface area (Å²) in [5, 5.41) is 0. The van der Waals surface area contributed by atoms with Crippen LogP contribution >= 0.6 is 0 Å². The molecular weight excluding hydrogens is 376 g/mol. The van der Waals surface area contributed by atoms with Gasteiger partial charge in [0.2, 0.25) is 0 Å². The maximum Gasteiger partial charge on any atom is 0.119 e. The average molecular weight is 421 g/mol. The van der Waals surface area contributed by atoms with E-state index in [9.17, 15) is 0 Å². The molecule has 0 N–H and O–H groups in total. The Morgan fingerprint density at radius 2 is 1.52 bits per heavy atom. The number of rotatable bonds is 9. The van der Waals surface area contributed by atoms with E-state index in [0.717, 1.165) is 48.0 Å². The molecule has 3 rings (SSSR count). The van der Waals surface area contributed by atoms with Crippen molar-refractivity contribution in [2.45, 2.75) is 97.3 Å². The zero-order valence-electron chi connectivity index (χ0n) is 20.1. The first-order chi connectivity index (χ1) is 15.3. The highest BCUT2D eigenvalue weighted by Crippen LogP contribution is 2.42. The summed E-state index contributed by atoms with van der Waals surface area (Å²) < 4.78 is 5.63. The van der Waals surface area contributed by atoms with Crippen LogP contribution in [0.5, 0.6) is 5.75 Å². The second-order valence-electron chi connectivity index (χ2n) is 9.95. The van der Waals surface area contributed by atoms with E-state index in [0.29, 0.717) is 0 Å². The SMILES string of the molecule is CCCCC[C@H]1CC[C@H](C2CCC(/C=C/C#Cc3ccc(OCCC)cc3)CC2)CC1. The molecule has 1 aromatic carbocycles. The van der Waals surface area contributed by atoms with Gasteiger partial charge in [-0.25, -0.2) is 0 Å². The first-order valence-electron chi connectivity index (χ1n) is 13.2. The Kier molecular flexibility index (Phi) is 10.6. The van der Waals surface area contributed by atoms with Gasteiger partial charge in [0.1, 0.15) is 5.75 Å². The summed E-state index contributed by atoms with van der Waals surface area (Å²) in [4.78, 5) is 0. The Balaban J connectivity index is 1.34. The molecule has 0 atom stereocenters. The van der Waals surface area contributed by atoms with Gasteiger partial charge >= 0.3 is 0 Å². The summed E-state index contributed by atoms with van der Waals surface area (Å²) in [6.45, 7) is 5.22. The van der Waals surface area contributed by atoms with Crippen molar-refractivity contribution in [1.82, 2.24) is 0 Å². The van der Waals surface area contributed by atoms with Crippen LogP contribution in [0.3, 0.4) is 0 Å². The lowest BCUT2D eigenvalue weighted by atomic mass is 9.68. The zero-order valence-corrected chi connectivity index (χ0v) is 20.1. The topological polar surface area (TPSA) is 9.23 Å². The van der Waals surface area contributed by atoms with Gasteiger partial charge in [0.05, 0.1) is 6.61 Å². The highest BCUT2D eigenvalue weighted by atomic mass is 16.5. The molecule has 0 spiro atoms. The summed E-state index contributed by atoms with van der Waals surface area (Å²) >= 11 is 0. The largest absolute Gasteiger partial charge is 0.494 e. The fraction of sp³-hybridized carbons (Fsp3) is 0.667. The minimum Gasteiger partial charge on any atom is -0.494 e. The highest BCUT2D eigenvalue weighted by molar-refractivity contribution is 5.40. The molecule has 31 heavy (non-hydrogen) atoms. The summed E-state index contributed by atoms with van der Waals surface area (Å²) in [7, 11) is 0. The highest BCUT2D eigenvalue weighted by Gasteiger charge is 2.30. The number of allylic oxidation sites excluding steroid dienone is 2. The van der Waals surface area contributed by atoms with E-state index in [1.54, 1.807) is 0 Å². The maximum atomic E-state index is 5.63. The van der Waals surface area contributed by atoms with E-state index in [4.69, 9.17) is 4.74 Å². The van der Waals surface area contributed by atoms with Crippen LogP contribution in [0.4, 0.5) is 0 Å². The quantitative estimate of drug-likeness (QED) is 0.287. The molecule has 0 unspecified atom stereocenters. The molecule has 170 valence electrons. The van der Waals surface area contributed by atoms with Crippen molar-refractivity contribution in [3.8, 4) is 17.6 Å². The Labute approximate surface area is 192 Å². The molecule has 0 radical (unpaired) electrons. The molecule has 0 bridgehead atoms. The van der Waals surface area contributed by atoms with Crippen LogP contribution in [0.15, 0.2) is 36.4 Å². The third-order valence-corrected chi connectivity index (χ3v) is 7.59. The number of benzene rings is 1. The van der Waals surface area contributed by atoms with E-state index in [-0.39, 0.29) is 0 Å². The second kappa shape index (κ2) is 13.7. The second-order valence-corrected chi connectivity index (χ2v) is 9.95. The minimum absolute atomic E-state index is 0.737. The van der Waals surface area contributed by atoms with Crippen LogP contribution in [0.1, 0.15) is 103 Å². The van der Waals surface area contributed by atoms with E-state index in [1.807, 2.05) is 12.1 Å². The molecule has 1 heteroatoms. The van der Waals surface area contributed by atoms with Crippen molar-refractivity contribution in [2.75, 3.05) is 6.61 Å². The van der Waals surface area contributed by atoms with Crippen molar-refractivity contribution in [1.29, 1.82) is 0 Å². The molecule has 0 amide bonds. The van der Waals surface area contributed by atoms with Crippen LogP contribution in [0, 0.1) is 35.5 Å². The third kappa shape index (κ3) is 8.40. The Morgan fingerprint density at radius 3 is 2.16 bits per heavy atom. The summed E-state index contributed by atoms with van der Waals surface area (Å²) in [6.07, 6.45) is 22.9. The van der Waals surface area contributed by atoms with Gasteiger partial charge in [0.25, 0.3) is 0 Å². The normalized spacial score (nSPS) is 26.4. The van der Waals surface area contributed by atoms with Gasteiger partial charge < -0.3 is 4.74 Å². The molecular formula is C30H44O. The van der Waals surface area contributed by atoms with Gasteiger partial charge in [-0.3, -0.25) is 0 Å². The third-order valence-electron chi connectivity index (χ3n) is 7.59. The van der Waals surface area contributed by atoms with Crippen molar-refractivity contribution in [3.05, 3.63) is 42.0 Å². The van der Waals surface area contributed by atoms with Crippen LogP contribution in [0.25, 0.3) is 0 Å². The van der Waals surface area contributed by atoms with Gasteiger partial charge in [-0.15, -0.1) is 0 Å². The maximum absolute atomic E-state index is 5.63. The molecule has 2 saturated carbocycles. The number of ether oxygens (including phenoxy) is 1. The van der Waals surface area contributed by atoms with Crippen molar-refractivity contribution in [2.24, 2.45) is 23.7 Å². The van der Waals surface area contributed by atoms with Gasteiger partial charge in [-0.05, 0) is 99.0 Å². The van der Waals surface area contributed by atoms with Crippen molar-refractivity contribution in [3.63, 3.8) is 0 Å². The molecule has 0 aromatic heterocycles. The van der Waals surface area contributed by atoms with E-state index < -0.39 is 0 Å². The molecule has 2 aliphatic rings. The molecule has 0 aliphatic heterocycles.